The second-order valence-corrected chi connectivity index (χ2v) is 7.55. The van der Waals surface area contributed by atoms with Crippen LogP contribution in [0, 0.1) is 0 Å². The quantitative estimate of drug-likeness (QED) is 0.334. The molecule has 28 heavy (non-hydrogen) atoms. The summed E-state index contributed by atoms with van der Waals surface area (Å²) in [5.41, 5.74) is 6.48. The van der Waals surface area contributed by atoms with Gasteiger partial charge in [0, 0.05) is 57.2 Å². The van der Waals surface area contributed by atoms with Gasteiger partial charge in [-0.05, 0) is 35.9 Å². The molecule has 2 aromatic heterocycles. The minimum atomic E-state index is 0.868. The van der Waals surface area contributed by atoms with Gasteiger partial charge < -0.3 is 9.13 Å². The van der Waals surface area contributed by atoms with Crippen molar-refractivity contribution in [1.29, 1.82) is 0 Å². The van der Waals surface area contributed by atoms with Gasteiger partial charge in [0.05, 0.1) is 0 Å². The number of aryl methyl sites for hydroxylation is 1. The molecule has 0 aliphatic carbocycles. The minimum absolute atomic E-state index is 0.868. The number of benzene rings is 4. The first-order valence-corrected chi connectivity index (χ1v) is 9.73. The first-order valence-electron chi connectivity index (χ1n) is 9.73. The third-order valence-corrected chi connectivity index (χ3v) is 6.00. The molecule has 0 saturated carbocycles. The Balaban J connectivity index is 1.58. The molecule has 0 N–H and O–H groups in total. The van der Waals surface area contributed by atoms with E-state index >= 15 is 0 Å². The molecule has 2 nitrogen and oxygen atoms in total. The standard InChI is InChI=1S/C26H20N2/c1-27-23-11-5-2-10-21(23)22-16-18(14-15-24(22)27)17-28-25-12-6-3-8-19(25)20-9-4-7-13-26(20)28/h2-16H,17H2,1H3. The van der Waals surface area contributed by atoms with Crippen LogP contribution in [0.15, 0.2) is 91.0 Å². The maximum Gasteiger partial charge on any atom is 0.0494 e. The molecule has 0 amide bonds. The highest BCUT2D eigenvalue weighted by atomic mass is 15.0. The lowest BCUT2D eigenvalue weighted by atomic mass is 10.1. The molecular weight excluding hydrogens is 340 g/mol. The van der Waals surface area contributed by atoms with Crippen LogP contribution in [-0.2, 0) is 13.6 Å². The van der Waals surface area contributed by atoms with E-state index in [1.807, 2.05) is 0 Å². The normalized spacial score (nSPS) is 11.9. The zero-order chi connectivity index (χ0) is 18.7. The molecule has 0 bridgehead atoms. The fraction of sp³-hybridized carbons (Fsp3) is 0.0769. The molecule has 0 aliphatic rings. The summed E-state index contributed by atoms with van der Waals surface area (Å²) in [5, 5.41) is 5.30. The van der Waals surface area contributed by atoms with Crippen LogP contribution in [0.25, 0.3) is 43.6 Å². The van der Waals surface area contributed by atoms with Crippen LogP contribution >= 0.6 is 0 Å². The van der Waals surface area contributed by atoms with Crippen LogP contribution in [0.1, 0.15) is 5.56 Å². The largest absolute Gasteiger partial charge is 0.344 e. The summed E-state index contributed by atoms with van der Waals surface area (Å²) in [6, 6.07) is 33.0. The van der Waals surface area contributed by atoms with Crippen molar-refractivity contribution in [2.24, 2.45) is 7.05 Å². The minimum Gasteiger partial charge on any atom is -0.344 e. The fourth-order valence-corrected chi connectivity index (χ4v) is 4.67. The average molecular weight is 360 g/mol. The topological polar surface area (TPSA) is 9.86 Å². The van der Waals surface area contributed by atoms with E-state index in [1.165, 1.54) is 49.2 Å². The van der Waals surface area contributed by atoms with Gasteiger partial charge in [0.15, 0.2) is 0 Å². The Labute approximate surface area is 163 Å². The summed E-state index contributed by atoms with van der Waals surface area (Å²) in [4.78, 5) is 0. The summed E-state index contributed by atoms with van der Waals surface area (Å²) in [5.74, 6) is 0. The van der Waals surface area contributed by atoms with Crippen molar-refractivity contribution in [3.8, 4) is 0 Å². The maximum atomic E-state index is 2.44. The Morgan fingerprint density at radius 2 is 1.04 bits per heavy atom. The highest BCUT2D eigenvalue weighted by Crippen LogP contribution is 2.32. The highest BCUT2D eigenvalue weighted by Gasteiger charge is 2.12. The second kappa shape index (κ2) is 5.74. The molecular formula is C26H20N2. The molecule has 0 unspecified atom stereocenters. The molecule has 2 heteroatoms. The number of fused-ring (bicyclic) bond motifs is 6. The average Bonchev–Trinajstić information content (AvgIpc) is 3.22. The molecule has 0 saturated heterocycles. The van der Waals surface area contributed by atoms with Gasteiger partial charge in [0.25, 0.3) is 0 Å². The van der Waals surface area contributed by atoms with Crippen LogP contribution in [0.4, 0.5) is 0 Å². The van der Waals surface area contributed by atoms with Crippen LogP contribution in [0.2, 0.25) is 0 Å². The van der Waals surface area contributed by atoms with E-state index in [-0.39, 0.29) is 0 Å². The number of hydrogen-bond donors (Lipinski definition) is 0. The Morgan fingerprint density at radius 3 is 1.68 bits per heavy atom. The lowest BCUT2D eigenvalue weighted by molar-refractivity contribution is 0.870. The number of rotatable bonds is 2. The van der Waals surface area contributed by atoms with E-state index in [1.54, 1.807) is 0 Å². The van der Waals surface area contributed by atoms with Gasteiger partial charge >= 0.3 is 0 Å². The number of nitrogens with zero attached hydrogens (tertiary/aromatic N) is 2. The lowest BCUT2D eigenvalue weighted by Gasteiger charge is -2.08. The number of hydrogen-bond acceptors (Lipinski definition) is 0. The fourth-order valence-electron chi connectivity index (χ4n) is 4.67. The third kappa shape index (κ3) is 2.09. The van der Waals surface area contributed by atoms with E-state index in [0.29, 0.717) is 0 Å². The summed E-state index contributed by atoms with van der Waals surface area (Å²) in [6.45, 7) is 0.868. The second-order valence-electron chi connectivity index (χ2n) is 7.55. The first kappa shape index (κ1) is 15.5. The van der Waals surface area contributed by atoms with Gasteiger partial charge in [-0.1, -0.05) is 60.7 Å². The number of para-hydroxylation sites is 3. The molecule has 4 aromatic carbocycles. The van der Waals surface area contributed by atoms with Crippen LogP contribution in [-0.4, -0.2) is 9.13 Å². The van der Waals surface area contributed by atoms with Gasteiger partial charge in [-0.15, -0.1) is 0 Å². The van der Waals surface area contributed by atoms with E-state index in [9.17, 15) is 0 Å². The Bertz CT molecular complexity index is 1440. The number of aromatic nitrogens is 2. The van der Waals surface area contributed by atoms with Gasteiger partial charge in [-0.3, -0.25) is 0 Å². The van der Waals surface area contributed by atoms with Crippen LogP contribution in [0.5, 0.6) is 0 Å². The SMILES string of the molecule is Cn1c2ccccc2c2cc(Cn3c4ccccc4c4ccccc43)ccc21. The Kier molecular flexibility index (Phi) is 3.18. The van der Waals surface area contributed by atoms with Crippen molar-refractivity contribution in [1.82, 2.24) is 9.13 Å². The van der Waals surface area contributed by atoms with E-state index in [2.05, 4.69) is 107 Å². The van der Waals surface area contributed by atoms with Crippen molar-refractivity contribution in [3.63, 3.8) is 0 Å². The molecule has 0 fully saturated rings. The van der Waals surface area contributed by atoms with E-state index in [4.69, 9.17) is 0 Å². The molecule has 0 aliphatic heterocycles. The third-order valence-electron chi connectivity index (χ3n) is 6.00. The van der Waals surface area contributed by atoms with Gasteiger partial charge in [0.1, 0.15) is 0 Å². The van der Waals surface area contributed by atoms with Crippen LogP contribution in [0.3, 0.4) is 0 Å². The highest BCUT2D eigenvalue weighted by molar-refractivity contribution is 6.09. The van der Waals surface area contributed by atoms with Crippen molar-refractivity contribution >= 4 is 43.6 Å². The summed E-state index contributed by atoms with van der Waals surface area (Å²) in [7, 11) is 2.15. The Morgan fingerprint density at radius 1 is 0.536 bits per heavy atom. The van der Waals surface area contributed by atoms with E-state index < -0.39 is 0 Å². The predicted molar refractivity (Wildman–Crippen MR) is 119 cm³/mol. The first-order chi connectivity index (χ1) is 13.8. The monoisotopic (exact) mass is 360 g/mol. The molecule has 0 radical (unpaired) electrons. The Hall–Kier alpha value is -3.52. The molecule has 0 spiro atoms. The summed E-state index contributed by atoms with van der Waals surface area (Å²) < 4.78 is 4.73. The van der Waals surface area contributed by atoms with Crippen molar-refractivity contribution in [3.05, 3.63) is 96.6 Å². The van der Waals surface area contributed by atoms with Gasteiger partial charge in [0.2, 0.25) is 0 Å². The zero-order valence-corrected chi connectivity index (χ0v) is 15.8. The molecule has 2 heterocycles. The smallest absolute Gasteiger partial charge is 0.0494 e. The van der Waals surface area contributed by atoms with Gasteiger partial charge in [-0.2, -0.15) is 0 Å². The molecule has 134 valence electrons. The van der Waals surface area contributed by atoms with Gasteiger partial charge in [-0.25, -0.2) is 0 Å². The molecule has 0 atom stereocenters. The van der Waals surface area contributed by atoms with Crippen LogP contribution < -0.4 is 0 Å². The summed E-state index contributed by atoms with van der Waals surface area (Å²) in [6.07, 6.45) is 0. The maximum absolute atomic E-state index is 2.44. The van der Waals surface area contributed by atoms with Crippen molar-refractivity contribution < 1.29 is 0 Å². The van der Waals surface area contributed by atoms with Crippen molar-refractivity contribution in [2.45, 2.75) is 6.54 Å². The summed E-state index contributed by atoms with van der Waals surface area (Å²) >= 11 is 0. The molecule has 6 aromatic rings. The predicted octanol–water partition coefficient (Wildman–Crippen LogP) is 6.49. The van der Waals surface area contributed by atoms with E-state index in [0.717, 1.165) is 6.54 Å². The zero-order valence-electron chi connectivity index (χ0n) is 15.8. The van der Waals surface area contributed by atoms with Crippen molar-refractivity contribution in [2.75, 3.05) is 0 Å². The molecule has 6 rings (SSSR count). The lowest BCUT2D eigenvalue weighted by Crippen LogP contribution is -1.99.